The van der Waals surface area contributed by atoms with E-state index < -0.39 is 0 Å². The Labute approximate surface area is 95.7 Å². The van der Waals surface area contributed by atoms with Crippen molar-refractivity contribution in [2.24, 2.45) is 0 Å². The first-order valence-corrected chi connectivity index (χ1v) is 5.35. The van der Waals surface area contributed by atoms with Gasteiger partial charge < -0.3 is 14.8 Å². The Balaban J connectivity index is 1.83. The fourth-order valence-electron chi connectivity index (χ4n) is 1.24. The summed E-state index contributed by atoms with van der Waals surface area (Å²) >= 11 is 3.34. The summed E-state index contributed by atoms with van der Waals surface area (Å²) in [4.78, 5) is 10.7. The largest absolute Gasteiger partial charge is 0.491 e. The predicted molar refractivity (Wildman–Crippen MR) is 57.9 cm³/mol. The highest BCUT2D eigenvalue weighted by Gasteiger charge is 2.22. The van der Waals surface area contributed by atoms with Gasteiger partial charge in [-0.05, 0) is 24.3 Å². The Bertz CT molecular complexity index is 352. The molecule has 1 amide bonds. The number of hydrogen-bond acceptors (Lipinski definition) is 3. The minimum Gasteiger partial charge on any atom is -0.491 e. The summed E-state index contributed by atoms with van der Waals surface area (Å²) in [5.74, 6) is 0.777. The van der Waals surface area contributed by atoms with Crippen LogP contribution in [0, 0.1) is 0 Å². The van der Waals surface area contributed by atoms with Gasteiger partial charge in [-0.1, -0.05) is 15.9 Å². The molecule has 0 saturated carbocycles. The van der Waals surface area contributed by atoms with Crippen molar-refractivity contribution < 1.29 is 14.3 Å². The number of ether oxygens (including phenoxy) is 2. The van der Waals surface area contributed by atoms with Crippen molar-refractivity contribution in [3.8, 4) is 5.75 Å². The predicted octanol–water partition coefficient (Wildman–Crippen LogP) is 1.94. The standard InChI is InChI=1S/C10H10BrNO3/c11-7-1-3-9(4-2-7)14-5-8-6-15-10(13)12-8/h1-4,8H,5-6H2,(H,12,13)/t8-/m1/s1. The second kappa shape index (κ2) is 4.53. The van der Waals surface area contributed by atoms with Crippen LogP contribution in [0.15, 0.2) is 28.7 Å². The molecule has 1 aliphatic rings. The van der Waals surface area contributed by atoms with Crippen molar-refractivity contribution in [2.75, 3.05) is 13.2 Å². The van der Waals surface area contributed by atoms with Gasteiger partial charge in [0.25, 0.3) is 0 Å². The van der Waals surface area contributed by atoms with Crippen LogP contribution in [0.4, 0.5) is 4.79 Å². The van der Waals surface area contributed by atoms with Crippen LogP contribution in [0.5, 0.6) is 5.75 Å². The first-order valence-electron chi connectivity index (χ1n) is 4.56. The molecular weight excluding hydrogens is 262 g/mol. The molecule has 0 radical (unpaired) electrons. The molecule has 4 nitrogen and oxygen atoms in total. The Kier molecular flexibility index (Phi) is 3.11. The van der Waals surface area contributed by atoms with Gasteiger partial charge in [0.2, 0.25) is 0 Å². The highest BCUT2D eigenvalue weighted by Crippen LogP contribution is 2.16. The van der Waals surface area contributed by atoms with Crippen LogP contribution in [0.25, 0.3) is 0 Å². The number of carbonyl (C=O) groups is 1. The van der Waals surface area contributed by atoms with Crippen molar-refractivity contribution in [3.05, 3.63) is 28.7 Å². The minimum absolute atomic E-state index is 0.0545. The van der Waals surface area contributed by atoms with Crippen LogP contribution in [-0.2, 0) is 4.74 Å². The van der Waals surface area contributed by atoms with E-state index in [0.717, 1.165) is 10.2 Å². The monoisotopic (exact) mass is 271 g/mol. The number of amides is 1. The molecule has 1 atom stereocenters. The van der Waals surface area contributed by atoms with E-state index in [4.69, 9.17) is 9.47 Å². The third-order valence-corrected chi connectivity index (χ3v) is 2.53. The maximum absolute atomic E-state index is 10.7. The Hall–Kier alpha value is -1.23. The van der Waals surface area contributed by atoms with E-state index in [-0.39, 0.29) is 12.1 Å². The lowest BCUT2D eigenvalue weighted by atomic mass is 10.3. The van der Waals surface area contributed by atoms with Crippen LogP contribution >= 0.6 is 15.9 Å². The zero-order chi connectivity index (χ0) is 10.7. The fourth-order valence-corrected chi connectivity index (χ4v) is 1.51. The summed E-state index contributed by atoms with van der Waals surface area (Å²) in [7, 11) is 0. The molecule has 2 rings (SSSR count). The minimum atomic E-state index is -0.376. The summed E-state index contributed by atoms with van der Waals surface area (Å²) in [6.45, 7) is 0.794. The van der Waals surface area contributed by atoms with Gasteiger partial charge in [0, 0.05) is 4.47 Å². The number of hydrogen-bond donors (Lipinski definition) is 1. The zero-order valence-corrected chi connectivity index (χ0v) is 9.49. The first-order chi connectivity index (χ1) is 7.24. The Morgan fingerprint density at radius 3 is 2.80 bits per heavy atom. The zero-order valence-electron chi connectivity index (χ0n) is 7.90. The number of cyclic esters (lactones) is 1. The molecule has 1 saturated heterocycles. The molecule has 1 aliphatic heterocycles. The maximum atomic E-state index is 10.7. The first kappa shape index (κ1) is 10.3. The Morgan fingerprint density at radius 1 is 1.47 bits per heavy atom. The molecular formula is C10H10BrNO3. The highest BCUT2D eigenvalue weighted by molar-refractivity contribution is 9.10. The third kappa shape index (κ3) is 2.86. The van der Waals surface area contributed by atoms with Crippen LogP contribution < -0.4 is 10.1 Å². The van der Waals surface area contributed by atoms with Gasteiger partial charge in [-0.25, -0.2) is 4.79 Å². The number of alkyl carbamates (subject to hydrolysis) is 1. The number of nitrogens with one attached hydrogen (secondary N) is 1. The normalized spacial score (nSPS) is 19.5. The quantitative estimate of drug-likeness (QED) is 0.914. The molecule has 5 heteroatoms. The van der Waals surface area contributed by atoms with Crippen molar-refractivity contribution in [2.45, 2.75) is 6.04 Å². The lowest BCUT2D eigenvalue weighted by molar-refractivity contribution is 0.174. The van der Waals surface area contributed by atoms with Gasteiger partial charge in [0.1, 0.15) is 25.0 Å². The second-order valence-electron chi connectivity index (χ2n) is 3.20. The van der Waals surface area contributed by atoms with Crippen LogP contribution in [0.3, 0.4) is 0 Å². The summed E-state index contributed by atoms with van der Waals surface area (Å²) in [5.41, 5.74) is 0. The summed E-state index contributed by atoms with van der Waals surface area (Å²) in [6, 6.07) is 7.47. The van der Waals surface area contributed by atoms with Gasteiger partial charge in [-0.15, -0.1) is 0 Å². The Morgan fingerprint density at radius 2 is 2.20 bits per heavy atom. The summed E-state index contributed by atoms with van der Waals surface area (Å²) in [5, 5.41) is 2.64. The van der Waals surface area contributed by atoms with E-state index in [2.05, 4.69) is 21.2 Å². The van der Waals surface area contributed by atoms with E-state index in [1.807, 2.05) is 24.3 Å². The topological polar surface area (TPSA) is 47.6 Å². The summed E-state index contributed by atoms with van der Waals surface area (Å²) in [6.07, 6.45) is -0.376. The maximum Gasteiger partial charge on any atom is 0.407 e. The molecule has 1 heterocycles. The number of rotatable bonds is 3. The second-order valence-corrected chi connectivity index (χ2v) is 4.12. The molecule has 0 bridgehead atoms. The van der Waals surface area contributed by atoms with Gasteiger partial charge in [0.15, 0.2) is 0 Å². The van der Waals surface area contributed by atoms with Crippen LogP contribution in [0.2, 0.25) is 0 Å². The molecule has 1 fully saturated rings. The van der Waals surface area contributed by atoms with Gasteiger partial charge >= 0.3 is 6.09 Å². The molecule has 1 aromatic rings. The van der Waals surface area contributed by atoms with E-state index >= 15 is 0 Å². The van der Waals surface area contributed by atoms with Crippen molar-refractivity contribution in [1.82, 2.24) is 5.32 Å². The number of halogens is 1. The lowest BCUT2D eigenvalue weighted by Crippen LogP contribution is -2.32. The van der Waals surface area contributed by atoms with Crippen LogP contribution in [0.1, 0.15) is 0 Å². The molecule has 0 aromatic heterocycles. The fraction of sp³-hybridized carbons (Fsp3) is 0.300. The SMILES string of the molecule is O=C1N[C@H](COc2ccc(Br)cc2)CO1. The number of benzene rings is 1. The third-order valence-electron chi connectivity index (χ3n) is 2.00. The molecule has 0 spiro atoms. The molecule has 80 valence electrons. The van der Waals surface area contributed by atoms with Gasteiger partial charge in [0.05, 0.1) is 0 Å². The summed E-state index contributed by atoms with van der Waals surface area (Å²) < 4.78 is 11.2. The van der Waals surface area contributed by atoms with E-state index in [1.165, 1.54) is 0 Å². The van der Waals surface area contributed by atoms with Crippen molar-refractivity contribution >= 4 is 22.0 Å². The van der Waals surface area contributed by atoms with Gasteiger partial charge in [-0.2, -0.15) is 0 Å². The molecule has 0 aliphatic carbocycles. The average molecular weight is 272 g/mol. The number of carbonyl (C=O) groups excluding carboxylic acids is 1. The van der Waals surface area contributed by atoms with Crippen LogP contribution in [-0.4, -0.2) is 25.3 Å². The van der Waals surface area contributed by atoms with Crippen molar-refractivity contribution in [3.63, 3.8) is 0 Å². The molecule has 1 aromatic carbocycles. The molecule has 0 unspecified atom stereocenters. The lowest BCUT2D eigenvalue weighted by Gasteiger charge is -2.09. The smallest absolute Gasteiger partial charge is 0.407 e. The van der Waals surface area contributed by atoms with E-state index in [0.29, 0.717) is 13.2 Å². The molecule has 1 N–H and O–H groups in total. The van der Waals surface area contributed by atoms with E-state index in [1.54, 1.807) is 0 Å². The molecule has 15 heavy (non-hydrogen) atoms. The highest BCUT2D eigenvalue weighted by atomic mass is 79.9. The van der Waals surface area contributed by atoms with E-state index in [9.17, 15) is 4.79 Å². The van der Waals surface area contributed by atoms with Gasteiger partial charge in [-0.3, -0.25) is 0 Å². The average Bonchev–Trinajstić information content (AvgIpc) is 2.64. The van der Waals surface area contributed by atoms with Crippen molar-refractivity contribution in [1.29, 1.82) is 0 Å².